The molecule has 5 nitrogen and oxygen atoms in total. The normalized spacial score (nSPS) is 10.4. The van der Waals surface area contributed by atoms with E-state index in [0.717, 1.165) is 15.8 Å². The van der Waals surface area contributed by atoms with Crippen molar-refractivity contribution in [2.75, 3.05) is 12.8 Å². The largest absolute Gasteiger partial charge is 0.496 e. The van der Waals surface area contributed by atoms with Crippen LogP contribution in [-0.4, -0.2) is 17.1 Å². The standard InChI is InChI=1S/C12H12BrN3O2S/c1-18-9-3-2-8(13)4-7(9)6-19-12-15-10(14)5-11(17)16-12/h2-5H,6H2,1H3,(H3,14,15,16,17). The van der Waals surface area contributed by atoms with E-state index in [1.807, 2.05) is 18.2 Å². The summed E-state index contributed by atoms with van der Waals surface area (Å²) in [5, 5.41) is 0.493. The van der Waals surface area contributed by atoms with Gasteiger partial charge in [0.2, 0.25) is 0 Å². The Kier molecular flexibility index (Phi) is 4.49. The third-order valence-electron chi connectivity index (χ3n) is 2.35. The molecule has 0 bridgehead atoms. The van der Waals surface area contributed by atoms with Crippen LogP contribution in [0, 0.1) is 0 Å². The third-order valence-corrected chi connectivity index (χ3v) is 3.76. The van der Waals surface area contributed by atoms with Crippen LogP contribution in [0.5, 0.6) is 5.75 Å². The van der Waals surface area contributed by atoms with Crippen LogP contribution in [0.25, 0.3) is 0 Å². The number of nitrogen functional groups attached to an aromatic ring is 1. The molecule has 0 aliphatic heterocycles. The molecule has 0 atom stereocenters. The molecule has 0 unspecified atom stereocenters. The number of nitrogens with zero attached hydrogens (tertiary/aromatic N) is 1. The molecule has 0 saturated heterocycles. The Hall–Kier alpha value is -1.47. The van der Waals surface area contributed by atoms with Gasteiger partial charge in [0.25, 0.3) is 5.56 Å². The van der Waals surface area contributed by atoms with Crippen LogP contribution in [-0.2, 0) is 5.75 Å². The number of benzene rings is 1. The topological polar surface area (TPSA) is 81.0 Å². The maximum Gasteiger partial charge on any atom is 0.253 e. The second-order valence-corrected chi connectivity index (χ2v) is 5.60. The lowest BCUT2D eigenvalue weighted by atomic mass is 10.2. The van der Waals surface area contributed by atoms with Crippen molar-refractivity contribution in [2.24, 2.45) is 0 Å². The molecule has 0 saturated carbocycles. The summed E-state index contributed by atoms with van der Waals surface area (Å²) in [6, 6.07) is 7.02. The molecule has 0 fully saturated rings. The number of thioether (sulfide) groups is 1. The molecule has 1 heterocycles. The Balaban J connectivity index is 2.18. The lowest BCUT2D eigenvalue weighted by Gasteiger charge is -2.08. The van der Waals surface area contributed by atoms with Gasteiger partial charge in [-0.3, -0.25) is 4.79 Å². The van der Waals surface area contributed by atoms with Crippen LogP contribution < -0.4 is 16.0 Å². The summed E-state index contributed by atoms with van der Waals surface area (Å²) in [5.41, 5.74) is 6.28. The number of aromatic amines is 1. The number of methoxy groups -OCH3 is 1. The summed E-state index contributed by atoms with van der Waals surface area (Å²) >= 11 is 4.81. The second-order valence-electron chi connectivity index (χ2n) is 3.72. The predicted molar refractivity (Wildman–Crippen MR) is 79.5 cm³/mol. The zero-order chi connectivity index (χ0) is 13.8. The van der Waals surface area contributed by atoms with E-state index in [1.165, 1.54) is 17.8 Å². The minimum atomic E-state index is -0.254. The summed E-state index contributed by atoms with van der Waals surface area (Å²) in [7, 11) is 1.62. The Morgan fingerprint density at radius 3 is 2.95 bits per heavy atom. The van der Waals surface area contributed by atoms with E-state index in [4.69, 9.17) is 10.5 Å². The number of hydrogen-bond donors (Lipinski definition) is 2. The summed E-state index contributed by atoms with van der Waals surface area (Å²) in [6.07, 6.45) is 0. The average Bonchev–Trinajstić information content (AvgIpc) is 2.35. The Bertz CT molecular complexity index is 645. The number of aromatic nitrogens is 2. The molecule has 19 heavy (non-hydrogen) atoms. The Labute approximate surface area is 122 Å². The second kappa shape index (κ2) is 6.12. The van der Waals surface area contributed by atoms with Gasteiger partial charge in [0.15, 0.2) is 5.16 Å². The van der Waals surface area contributed by atoms with Crippen LogP contribution in [0.3, 0.4) is 0 Å². The fourth-order valence-corrected chi connectivity index (χ4v) is 2.80. The lowest BCUT2D eigenvalue weighted by Crippen LogP contribution is -2.09. The molecule has 1 aromatic carbocycles. The van der Waals surface area contributed by atoms with Gasteiger partial charge in [-0.05, 0) is 18.2 Å². The first kappa shape index (κ1) is 14.0. The van der Waals surface area contributed by atoms with Gasteiger partial charge in [0.1, 0.15) is 11.6 Å². The van der Waals surface area contributed by atoms with E-state index in [2.05, 4.69) is 25.9 Å². The summed E-state index contributed by atoms with van der Waals surface area (Å²) < 4.78 is 6.26. The Morgan fingerprint density at radius 1 is 1.47 bits per heavy atom. The number of hydrogen-bond acceptors (Lipinski definition) is 5. The van der Waals surface area contributed by atoms with Crippen molar-refractivity contribution >= 4 is 33.5 Å². The molecule has 0 aliphatic rings. The van der Waals surface area contributed by atoms with Gasteiger partial charge >= 0.3 is 0 Å². The zero-order valence-corrected chi connectivity index (χ0v) is 12.5. The van der Waals surface area contributed by atoms with E-state index in [9.17, 15) is 4.79 Å². The van der Waals surface area contributed by atoms with Crippen molar-refractivity contribution in [3.8, 4) is 5.75 Å². The molecule has 7 heteroatoms. The lowest BCUT2D eigenvalue weighted by molar-refractivity contribution is 0.411. The van der Waals surface area contributed by atoms with Crippen molar-refractivity contribution in [1.29, 1.82) is 0 Å². The summed E-state index contributed by atoms with van der Waals surface area (Å²) in [4.78, 5) is 18.0. The van der Waals surface area contributed by atoms with Crippen LogP contribution >= 0.6 is 27.7 Å². The minimum absolute atomic E-state index is 0.215. The summed E-state index contributed by atoms with van der Waals surface area (Å²) in [5.74, 6) is 1.63. The van der Waals surface area contributed by atoms with Crippen LogP contribution in [0.4, 0.5) is 5.82 Å². The molecule has 0 radical (unpaired) electrons. The molecular weight excluding hydrogens is 330 g/mol. The number of rotatable bonds is 4. The average molecular weight is 342 g/mol. The van der Waals surface area contributed by atoms with Crippen LogP contribution in [0.15, 0.2) is 38.7 Å². The van der Waals surface area contributed by atoms with Gasteiger partial charge in [0.05, 0.1) is 7.11 Å². The SMILES string of the molecule is COc1ccc(Br)cc1CSc1nc(N)cc(=O)[nH]1. The van der Waals surface area contributed by atoms with E-state index in [1.54, 1.807) is 7.11 Å². The predicted octanol–water partition coefficient (Wildman–Crippen LogP) is 2.42. The van der Waals surface area contributed by atoms with E-state index in [0.29, 0.717) is 10.9 Å². The molecular formula is C12H12BrN3O2S. The molecule has 2 aromatic rings. The molecule has 0 spiro atoms. The number of ether oxygens (including phenoxy) is 1. The van der Waals surface area contributed by atoms with Crippen molar-refractivity contribution in [1.82, 2.24) is 9.97 Å². The van der Waals surface area contributed by atoms with Crippen molar-refractivity contribution in [2.45, 2.75) is 10.9 Å². The minimum Gasteiger partial charge on any atom is -0.496 e. The van der Waals surface area contributed by atoms with E-state index >= 15 is 0 Å². The molecule has 0 aliphatic carbocycles. The highest BCUT2D eigenvalue weighted by atomic mass is 79.9. The highest BCUT2D eigenvalue weighted by Crippen LogP contribution is 2.28. The monoisotopic (exact) mass is 341 g/mol. The first-order valence-corrected chi connectivity index (χ1v) is 7.18. The quantitative estimate of drug-likeness (QED) is 0.659. The number of nitrogens with one attached hydrogen (secondary N) is 1. The first-order chi connectivity index (χ1) is 9.08. The van der Waals surface area contributed by atoms with E-state index < -0.39 is 0 Å². The molecule has 2 rings (SSSR count). The molecule has 3 N–H and O–H groups in total. The van der Waals surface area contributed by atoms with Gasteiger partial charge in [-0.15, -0.1) is 0 Å². The Morgan fingerprint density at radius 2 is 2.26 bits per heavy atom. The van der Waals surface area contributed by atoms with Gasteiger partial charge in [-0.1, -0.05) is 27.7 Å². The van der Waals surface area contributed by atoms with Crippen LogP contribution in [0.2, 0.25) is 0 Å². The first-order valence-electron chi connectivity index (χ1n) is 5.40. The maximum atomic E-state index is 11.3. The summed E-state index contributed by atoms with van der Waals surface area (Å²) in [6.45, 7) is 0. The van der Waals surface area contributed by atoms with Crippen molar-refractivity contribution < 1.29 is 4.74 Å². The molecule has 100 valence electrons. The number of halogens is 1. The molecule has 0 amide bonds. The highest BCUT2D eigenvalue weighted by Gasteiger charge is 2.06. The number of nitrogens with two attached hydrogens (primary N) is 1. The maximum absolute atomic E-state index is 11.3. The van der Waals surface area contributed by atoms with E-state index in [-0.39, 0.29) is 11.4 Å². The fourth-order valence-electron chi connectivity index (χ4n) is 1.53. The molecule has 1 aromatic heterocycles. The van der Waals surface area contributed by atoms with Crippen LogP contribution in [0.1, 0.15) is 5.56 Å². The van der Waals surface area contributed by atoms with Gasteiger partial charge in [-0.25, -0.2) is 4.98 Å². The zero-order valence-electron chi connectivity index (χ0n) is 10.1. The van der Waals surface area contributed by atoms with Gasteiger partial charge in [-0.2, -0.15) is 0 Å². The highest BCUT2D eigenvalue weighted by molar-refractivity contribution is 9.10. The van der Waals surface area contributed by atoms with Crippen molar-refractivity contribution in [3.05, 3.63) is 44.7 Å². The number of H-pyrrole nitrogens is 1. The fraction of sp³-hybridized carbons (Fsp3) is 0.167. The van der Waals surface area contributed by atoms with Gasteiger partial charge in [0, 0.05) is 21.9 Å². The third kappa shape index (κ3) is 3.74. The van der Waals surface area contributed by atoms with Gasteiger partial charge < -0.3 is 15.5 Å². The smallest absolute Gasteiger partial charge is 0.253 e. The van der Waals surface area contributed by atoms with Crippen molar-refractivity contribution in [3.63, 3.8) is 0 Å². The number of anilines is 1.